The molecule has 0 bridgehead atoms. The second-order valence-corrected chi connectivity index (χ2v) is 7.27. The van der Waals surface area contributed by atoms with Crippen LogP contribution in [-0.2, 0) is 11.2 Å². The molecule has 0 saturated carbocycles. The summed E-state index contributed by atoms with van der Waals surface area (Å²) >= 11 is 3.41. The van der Waals surface area contributed by atoms with Crippen molar-refractivity contribution >= 4 is 38.5 Å². The van der Waals surface area contributed by atoms with Gasteiger partial charge < -0.3 is 9.73 Å². The first kappa shape index (κ1) is 16.8. The maximum absolute atomic E-state index is 12.4. The smallest absolute Gasteiger partial charge is 0.228 e. The van der Waals surface area contributed by atoms with Crippen molar-refractivity contribution < 1.29 is 9.21 Å². The fourth-order valence-corrected chi connectivity index (χ4v) is 3.35. The first-order valence-corrected chi connectivity index (χ1v) is 8.79. The molecule has 1 heterocycles. The molecule has 1 aromatic heterocycles. The minimum absolute atomic E-state index is 0.0533. The lowest BCUT2D eigenvalue weighted by Crippen LogP contribution is -2.14. The zero-order valence-corrected chi connectivity index (χ0v) is 15.6. The Morgan fingerprint density at radius 3 is 2.75 bits per heavy atom. The Morgan fingerprint density at radius 2 is 2.04 bits per heavy atom. The number of carbonyl (C=O) groups excluding carboxylic acids is 1. The van der Waals surface area contributed by atoms with Crippen molar-refractivity contribution in [2.45, 2.75) is 33.1 Å². The van der Waals surface area contributed by atoms with Crippen LogP contribution >= 0.6 is 15.9 Å². The molecule has 2 aromatic carbocycles. The zero-order valence-electron chi connectivity index (χ0n) is 14.0. The van der Waals surface area contributed by atoms with Gasteiger partial charge in [0, 0.05) is 21.1 Å². The topological polar surface area (TPSA) is 42.2 Å². The van der Waals surface area contributed by atoms with E-state index in [1.165, 1.54) is 11.1 Å². The van der Waals surface area contributed by atoms with Gasteiger partial charge in [0.1, 0.15) is 5.58 Å². The van der Waals surface area contributed by atoms with Crippen LogP contribution in [0.2, 0.25) is 0 Å². The first-order chi connectivity index (χ1) is 11.4. The van der Waals surface area contributed by atoms with Crippen molar-refractivity contribution in [3.63, 3.8) is 0 Å². The molecular weight excluding hydrogens is 366 g/mol. The van der Waals surface area contributed by atoms with Crippen LogP contribution in [0.3, 0.4) is 0 Å². The number of benzene rings is 2. The van der Waals surface area contributed by atoms with Gasteiger partial charge in [-0.15, -0.1) is 0 Å². The van der Waals surface area contributed by atoms with Crippen molar-refractivity contribution in [1.29, 1.82) is 0 Å². The summed E-state index contributed by atoms with van der Waals surface area (Å²) in [5.41, 5.74) is 5.04. The van der Waals surface area contributed by atoms with Gasteiger partial charge in [0.15, 0.2) is 0 Å². The Bertz CT molecular complexity index is 896. The highest BCUT2D eigenvalue weighted by atomic mass is 79.9. The molecule has 0 atom stereocenters. The lowest BCUT2D eigenvalue weighted by Gasteiger charge is -2.10. The molecule has 124 valence electrons. The van der Waals surface area contributed by atoms with E-state index in [-0.39, 0.29) is 5.91 Å². The van der Waals surface area contributed by atoms with E-state index in [4.69, 9.17) is 4.42 Å². The highest BCUT2D eigenvalue weighted by molar-refractivity contribution is 9.10. The van der Waals surface area contributed by atoms with Crippen molar-refractivity contribution in [3.05, 3.63) is 63.8 Å². The number of rotatable bonds is 4. The summed E-state index contributed by atoms with van der Waals surface area (Å²) in [6.45, 7) is 6.44. The van der Waals surface area contributed by atoms with Crippen LogP contribution in [0.1, 0.15) is 36.5 Å². The molecular formula is C20H20BrNO2. The van der Waals surface area contributed by atoms with Crippen LogP contribution in [-0.4, -0.2) is 5.91 Å². The summed E-state index contributed by atoms with van der Waals surface area (Å²) in [7, 11) is 0. The molecule has 0 saturated heterocycles. The van der Waals surface area contributed by atoms with E-state index in [0.717, 1.165) is 26.7 Å². The molecule has 0 radical (unpaired) electrons. The first-order valence-electron chi connectivity index (χ1n) is 8.00. The van der Waals surface area contributed by atoms with E-state index in [2.05, 4.69) is 54.2 Å². The highest BCUT2D eigenvalue weighted by Crippen LogP contribution is 2.29. The van der Waals surface area contributed by atoms with E-state index in [0.29, 0.717) is 12.3 Å². The Balaban J connectivity index is 1.84. The van der Waals surface area contributed by atoms with E-state index in [1.54, 1.807) is 6.26 Å². The fraction of sp³-hybridized carbons (Fsp3) is 0.250. The molecule has 1 N–H and O–H groups in total. The van der Waals surface area contributed by atoms with E-state index in [1.807, 2.05) is 24.3 Å². The number of hydrogen-bond acceptors (Lipinski definition) is 2. The molecule has 0 aliphatic heterocycles. The molecule has 24 heavy (non-hydrogen) atoms. The van der Waals surface area contributed by atoms with Crippen LogP contribution in [0.4, 0.5) is 5.69 Å². The number of aryl methyl sites for hydroxylation is 1. The second-order valence-electron chi connectivity index (χ2n) is 6.36. The number of nitrogens with one attached hydrogen (secondary N) is 1. The molecule has 0 fully saturated rings. The number of anilines is 1. The maximum atomic E-state index is 12.4. The third-order valence-corrected chi connectivity index (χ3v) is 4.62. The molecule has 0 spiro atoms. The third-order valence-electron chi connectivity index (χ3n) is 4.12. The average molecular weight is 386 g/mol. The summed E-state index contributed by atoms with van der Waals surface area (Å²) in [4.78, 5) is 12.4. The van der Waals surface area contributed by atoms with Crippen molar-refractivity contribution in [2.24, 2.45) is 0 Å². The normalized spacial score (nSPS) is 11.2. The van der Waals surface area contributed by atoms with Crippen LogP contribution < -0.4 is 5.32 Å². The quantitative estimate of drug-likeness (QED) is 0.615. The van der Waals surface area contributed by atoms with Crippen LogP contribution in [0.25, 0.3) is 11.0 Å². The number of furan rings is 1. The van der Waals surface area contributed by atoms with Crippen molar-refractivity contribution in [1.82, 2.24) is 0 Å². The Morgan fingerprint density at radius 1 is 1.25 bits per heavy atom. The minimum atomic E-state index is -0.0533. The number of hydrogen-bond donors (Lipinski definition) is 1. The van der Waals surface area contributed by atoms with Gasteiger partial charge in [0.05, 0.1) is 12.7 Å². The number of fused-ring (bicyclic) bond motifs is 1. The average Bonchev–Trinajstić information content (AvgIpc) is 2.88. The Labute approximate surface area is 150 Å². The zero-order chi connectivity index (χ0) is 17.3. The molecule has 3 aromatic rings. The molecule has 1 amide bonds. The van der Waals surface area contributed by atoms with Gasteiger partial charge in [-0.05, 0) is 54.3 Å². The van der Waals surface area contributed by atoms with Gasteiger partial charge in [-0.25, -0.2) is 0 Å². The summed E-state index contributed by atoms with van der Waals surface area (Å²) in [6, 6.07) is 11.8. The number of halogens is 1. The van der Waals surface area contributed by atoms with Gasteiger partial charge in [-0.3, -0.25) is 4.79 Å². The van der Waals surface area contributed by atoms with Gasteiger partial charge in [-0.2, -0.15) is 0 Å². The largest absolute Gasteiger partial charge is 0.464 e. The second kappa shape index (κ2) is 6.81. The fourth-order valence-electron chi connectivity index (χ4n) is 2.95. The minimum Gasteiger partial charge on any atom is -0.464 e. The molecule has 0 unspecified atom stereocenters. The monoisotopic (exact) mass is 385 g/mol. The van der Waals surface area contributed by atoms with Crippen molar-refractivity contribution in [3.8, 4) is 0 Å². The maximum Gasteiger partial charge on any atom is 0.228 e. The third kappa shape index (κ3) is 3.54. The SMILES string of the molecule is Cc1cc2occ(CC(=O)Nc3cccc(Br)c3)c2cc1C(C)C. The summed E-state index contributed by atoms with van der Waals surface area (Å²) < 4.78 is 6.58. The standard InChI is InChI=1S/C20H20BrNO2/c1-12(2)17-10-18-14(11-24-19(18)7-13(17)3)8-20(23)22-16-6-4-5-15(21)9-16/h4-7,9-12H,8H2,1-3H3,(H,22,23). The lowest BCUT2D eigenvalue weighted by molar-refractivity contribution is -0.115. The number of carbonyl (C=O) groups is 1. The molecule has 0 aliphatic rings. The van der Waals surface area contributed by atoms with Gasteiger partial charge in [0.2, 0.25) is 5.91 Å². The van der Waals surface area contributed by atoms with Gasteiger partial charge >= 0.3 is 0 Å². The number of amides is 1. The molecule has 0 aliphatic carbocycles. The van der Waals surface area contributed by atoms with Gasteiger partial charge in [0.25, 0.3) is 0 Å². The van der Waals surface area contributed by atoms with E-state index < -0.39 is 0 Å². The highest BCUT2D eigenvalue weighted by Gasteiger charge is 2.14. The van der Waals surface area contributed by atoms with Crippen LogP contribution in [0.5, 0.6) is 0 Å². The van der Waals surface area contributed by atoms with E-state index in [9.17, 15) is 4.79 Å². The Kier molecular flexibility index (Phi) is 4.76. The summed E-state index contributed by atoms with van der Waals surface area (Å²) in [5.74, 6) is 0.384. The van der Waals surface area contributed by atoms with Gasteiger partial charge in [-0.1, -0.05) is 35.8 Å². The predicted molar refractivity (Wildman–Crippen MR) is 102 cm³/mol. The molecule has 3 rings (SSSR count). The summed E-state index contributed by atoms with van der Waals surface area (Å²) in [6.07, 6.45) is 1.98. The summed E-state index contributed by atoms with van der Waals surface area (Å²) in [5, 5.41) is 3.95. The molecule has 3 nitrogen and oxygen atoms in total. The van der Waals surface area contributed by atoms with E-state index >= 15 is 0 Å². The van der Waals surface area contributed by atoms with Crippen LogP contribution in [0, 0.1) is 6.92 Å². The van der Waals surface area contributed by atoms with Crippen molar-refractivity contribution in [2.75, 3.05) is 5.32 Å². The lowest BCUT2D eigenvalue weighted by atomic mass is 9.95. The predicted octanol–water partition coefficient (Wildman–Crippen LogP) is 5.81. The molecule has 4 heteroatoms. The Hall–Kier alpha value is -2.07. The van der Waals surface area contributed by atoms with Crippen LogP contribution in [0.15, 0.2) is 51.6 Å².